The Bertz CT molecular complexity index is 4290. The number of urea groups is 1. The number of nitrogens with zero attached hydrogens (tertiary/aromatic N) is 8. The van der Waals surface area contributed by atoms with Gasteiger partial charge in [-0.05, 0) is 147 Å². The Morgan fingerprint density at radius 1 is 0.848 bits per heavy atom. The summed E-state index contributed by atoms with van der Waals surface area (Å²) in [6.07, 6.45) is 13.3. The van der Waals surface area contributed by atoms with Crippen molar-refractivity contribution in [3.63, 3.8) is 0 Å². The highest BCUT2D eigenvalue weighted by Crippen LogP contribution is 2.72. The van der Waals surface area contributed by atoms with Crippen LogP contribution in [0.25, 0.3) is 43.4 Å². The van der Waals surface area contributed by atoms with Gasteiger partial charge in [-0.15, -0.1) is 0 Å². The number of carboxylic acid groups (broad SMARTS) is 1. The Labute approximate surface area is 576 Å². The summed E-state index contributed by atoms with van der Waals surface area (Å²) < 4.78 is 16.2. The first-order valence-corrected chi connectivity index (χ1v) is 34.1. The summed E-state index contributed by atoms with van der Waals surface area (Å²) >= 11 is 1.31. The minimum Gasteiger partial charge on any atom is -0.619 e. The number of benzene rings is 3. The Balaban J connectivity index is 0.719. The summed E-state index contributed by atoms with van der Waals surface area (Å²) in [6.45, 7) is 11.4. The molecule has 3 aromatic carbocycles. The molecule has 4 fully saturated rings. The number of ether oxygens (including phenoxy) is 2. The van der Waals surface area contributed by atoms with Crippen LogP contribution >= 0.6 is 11.3 Å². The Hall–Kier alpha value is -10.2. The van der Waals surface area contributed by atoms with Crippen molar-refractivity contribution in [1.82, 2.24) is 40.2 Å². The number of amides is 9. The first-order chi connectivity index (χ1) is 47.1. The molecule has 4 aliphatic carbocycles. The van der Waals surface area contributed by atoms with E-state index in [1.165, 1.54) is 45.7 Å². The fourth-order valence-corrected chi connectivity index (χ4v) is 17.1. The number of imide groups is 1. The highest BCUT2D eigenvalue weighted by atomic mass is 32.1. The second-order valence-electron chi connectivity index (χ2n) is 28.2. The number of carbonyl (C=O) groups excluding carboxylic acids is 8. The number of nitrogens with two attached hydrogens (primary N) is 2. The molecule has 4 saturated carbocycles. The number of aromatic nitrogens is 5. The molecular formula is C72H83N13O13S. The van der Waals surface area contributed by atoms with Gasteiger partial charge in [0.1, 0.15) is 24.3 Å². The maximum Gasteiger partial charge on any atom is 0.409 e. The van der Waals surface area contributed by atoms with Crippen LogP contribution in [0.1, 0.15) is 137 Å². The van der Waals surface area contributed by atoms with Crippen molar-refractivity contribution in [3.8, 4) is 22.4 Å². The maximum atomic E-state index is 14.7. The minimum absolute atomic E-state index is 0.0348. The number of likely N-dealkylation sites (N-methyl/N-ethyl adjacent to an activating group) is 1. The standard InChI is InChI=1S/C72H83N13O13S/c1-43(2)60(79-57(86)16-8-7-11-28-83-58(87)25-26-59(83)88)64(91)85(55(62(73)89)14-12-27-75-66(74)94)48-21-17-45(18-22-48)35-97-68(95)81(6)29-30-98-72-39-69(4)36-70(5,40-72)38-71(37-69,41-72)42-84-44(3)51(32-76-84)49-23-24-53(77-61(49)65(92)93)46-19-20-47-33-82(96)34-52(50(47)31-46)63(90)80-67-78-54-13-9-10-15-56(54)99-67/h9-10,13,15,17-26,31-34,43,55,60H,7-8,11-12,14,16,27-30,35-42H2,1-6H3,(H2,73,89)(H,79,86)(H,92,93)(H3,74,75,94)(H,78,80,90)/t55-,60-,69?,70?,71?,72?/m0/s1. The van der Waals surface area contributed by atoms with Crippen molar-refractivity contribution >= 4 is 96.7 Å². The van der Waals surface area contributed by atoms with Crippen molar-refractivity contribution in [2.75, 3.05) is 43.5 Å². The summed E-state index contributed by atoms with van der Waals surface area (Å²) in [4.78, 5) is 130. The van der Waals surface area contributed by atoms with Crippen LogP contribution in [0, 0.1) is 34.3 Å². The van der Waals surface area contributed by atoms with E-state index in [4.69, 9.17) is 31.0 Å². The van der Waals surface area contributed by atoms with Gasteiger partial charge in [0.2, 0.25) is 11.8 Å². The number of unbranched alkanes of at least 4 members (excludes halogenated alkanes) is 2. The van der Waals surface area contributed by atoms with Crippen LogP contribution in [0.4, 0.5) is 20.4 Å². The summed E-state index contributed by atoms with van der Waals surface area (Å²) in [7, 11) is 1.64. The lowest BCUT2D eigenvalue weighted by molar-refractivity contribution is -0.604. The van der Waals surface area contributed by atoms with Crippen LogP contribution in [0.2, 0.25) is 0 Å². The molecule has 5 heterocycles. The molecule has 9 amide bonds. The van der Waals surface area contributed by atoms with E-state index in [1.54, 1.807) is 81.7 Å². The lowest BCUT2D eigenvalue weighted by Crippen LogP contribution is -2.64. The van der Waals surface area contributed by atoms with E-state index >= 15 is 0 Å². The number of fused-ring (bicyclic) bond motifs is 2. The Morgan fingerprint density at radius 3 is 2.26 bits per heavy atom. The van der Waals surface area contributed by atoms with E-state index in [1.807, 2.05) is 35.9 Å². The molecule has 0 spiro atoms. The number of anilines is 2. The lowest BCUT2D eigenvalue weighted by Gasteiger charge is -2.69. The zero-order chi connectivity index (χ0) is 70.7. The first kappa shape index (κ1) is 70.2. The predicted octanol–water partition coefficient (Wildman–Crippen LogP) is 8.93. The molecule has 0 radical (unpaired) electrons. The van der Waals surface area contributed by atoms with E-state index in [-0.39, 0.29) is 97.1 Å². The third-order valence-electron chi connectivity index (χ3n) is 19.5. The normalized spacial score (nSPS) is 20.5. The van der Waals surface area contributed by atoms with Crippen LogP contribution in [0.5, 0.6) is 0 Å². The molecule has 1 aliphatic heterocycles. The number of primary amides is 2. The molecule has 27 heteroatoms. The van der Waals surface area contributed by atoms with E-state index in [0.29, 0.717) is 74.4 Å². The molecule has 8 N–H and O–H groups in total. The van der Waals surface area contributed by atoms with Crippen molar-refractivity contribution in [3.05, 3.63) is 137 Å². The molecule has 520 valence electrons. The molecule has 4 aromatic heterocycles. The molecular weight excluding hydrogens is 1290 g/mol. The van der Waals surface area contributed by atoms with Gasteiger partial charge in [-0.2, -0.15) is 9.83 Å². The molecule has 0 saturated heterocycles. The van der Waals surface area contributed by atoms with E-state index in [0.717, 1.165) is 59.3 Å². The second-order valence-corrected chi connectivity index (χ2v) is 29.2. The monoisotopic (exact) mass is 1370 g/mol. The van der Waals surface area contributed by atoms with Gasteiger partial charge < -0.3 is 46.8 Å². The Morgan fingerprint density at radius 2 is 1.58 bits per heavy atom. The van der Waals surface area contributed by atoms with Gasteiger partial charge >= 0.3 is 18.1 Å². The average molecular weight is 1370 g/mol. The molecule has 4 bridgehead atoms. The number of nitrogens with one attached hydrogen (secondary N) is 3. The van der Waals surface area contributed by atoms with Crippen LogP contribution in [-0.4, -0.2) is 139 Å². The molecule has 12 rings (SSSR count). The molecule has 5 aliphatic rings. The van der Waals surface area contributed by atoms with Gasteiger partial charge in [-0.25, -0.2) is 24.4 Å². The number of pyridine rings is 2. The lowest BCUT2D eigenvalue weighted by atomic mass is 9.39. The number of rotatable bonds is 29. The summed E-state index contributed by atoms with van der Waals surface area (Å²) in [5.41, 5.74) is 14.7. The number of hydrogen-bond acceptors (Lipinski definition) is 16. The highest BCUT2D eigenvalue weighted by Gasteiger charge is 2.66. The smallest absolute Gasteiger partial charge is 0.409 e. The molecule has 2 unspecified atom stereocenters. The second kappa shape index (κ2) is 28.7. The number of carbonyl (C=O) groups is 9. The first-order valence-electron chi connectivity index (χ1n) is 33.3. The topological polar surface area (TPSA) is 361 Å². The maximum absolute atomic E-state index is 14.7. The van der Waals surface area contributed by atoms with Gasteiger partial charge in [0, 0.05) is 90.6 Å². The quantitative estimate of drug-likeness (QED) is 0.0110. The van der Waals surface area contributed by atoms with Crippen LogP contribution in [0.15, 0.2) is 110 Å². The molecule has 26 nitrogen and oxygen atoms in total. The van der Waals surface area contributed by atoms with Crippen molar-refractivity contribution in [2.24, 2.45) is 33.6 Å². The predicted molar refractivity (Wildman–Crippen MR) is 369 cm³/mol. The van der Waals surface area contributed by atoms with Crippen LogP contribution in [-0.2, 0) is 46.6 Å². The fraction of sp³-hybridized carbons (Fsp3) is 0.431. The Kier molecular flexibility index (Phi) is 20.4. The molecule has 99 heavy (non-hydrogen) atoms. The van der Waals surface area contributed by atoms with Crippen molar-refractivity contribution in [1.29, 1.82) is 0 Å². The zero-order valence-corrected chi connectivity index (χ0v) is 57.2. The number of aromatic carboxylic acids is 1. The summed E-state index contributed by atoms with van der Waals surface area (Å²) in [5, 5.41) is 37.9. The third kappa shape index (κ3) is 15.7. The fourth-order valence-electron chi connectivity index (χ4n) is 16.2. The SMILES string of the molecule is Cc1c(-c2ccc(-c3ccc4c[n+]([O-])cc(C(=O)Nc5nc6ccccc6s5)c4c3)nc2C(=O)O)cnn1CC12CC3(C)CC(C)(C1)CC(OCCN(C)C(=O)OCc1ccc(N(C(=O)[C@@H](NC(=O)CCCCCN4C(=O)C=CC4=O)C(C)C)[C@@H](CCCNC(N)=O)C(N)=O)cc1)(C3)C2. The average Bonchev–Trinajstić information content (AvgIpc) is 1.56. The number of hydrogen-bond donors (Lipinski definition) is 6. The molecule has 7 aromatic rings. The van der Waals surface area contributed by atoms with Gasteiger partial charge in [-0.3, -0.25) is 48.6 Å². The van der Waals surface area contributed by atoms with E-state index in [9.17, 15) is 53.5 Å². The summed E-state index contributed by atoms with van der Waals surface area (Å²) in [6, 6.07) is 19.6. The van der Waals surface area contributed by atoms with Gasteiger partial charge in [0.05, 0.1) is 34.3 Å². The number of thiazole rings is 1. The van der Waals surface area contributed by atoms with Crippen LogP contribution in [0.3, 0.4) is 0 Å². The van der Waals surface area contributed by atoms with Crippen LogP contribution < -0.4 is 37.0 Å². The third-order valence-corrected chi connectivity index (χ3v) is 20.5. The number of carboxylic acids is 1. The van der Waals surface area contributed by atoms with Gasteiger partial charge in [0.15, 0.2) is 23.2 Å². The van der Waals surface area contributed by atoms with Crippen molar-refractivity contribution < 1.29 is 62.5 Å². The zero-order valence-electron chi connectivity index (χ0n) is 56.3. The number of para-hydroxylation sites is 1. The van der Waals surface area contributed by atoms with E-state index < -0.39 is 65.3 Å². The summed E-state index contributed by atoms with van der Waals surface area (Å²) in [5.74, 6) is -4.77. The molecule has 4 atom stereocenters. The van der Waals surface area contributed by atoms with Crippen molar-refractivity contribution in [2.45, 2.75) is 143 Å². The van der Waals surface area contributed by atoms with Gasteiger partial charge in [0.25, 0.3) is 23.6 Å². The minimum atomic E-state index is -1.23. The highest BCUT2D eigenvalue weighted by molar-refractivity contribution is 7.22. The van der Waals surface area contributed by atoms with E-state index in [2.05, 4.69) is 34.8 Å². The van der Waals surface area contributed by atoms with Gasteiger partial charge in [-0.1, -0.05) is 75.8 Å². The largest absolute Gasteiger partial charge is 0.619 e.